The maximum atomic E-state index is 12.7. The van der Waals surface area contributed by atoms with Crippen LogP contribution in [0.15, 0.2) is 65.1 Å². The van der Waals surface area contributed by atoms with Crippen LogP contribution in [0.4, 0.5) is 11.4 Å². The number of carbonyl (C=O) groups is 1. The van der Waals surface area contributed by atoms with Gasteiger partial charge in [-0.2, -0.15) is 0 Å². The van der Waals surface area contributed by atoms with Crippen LogP contribution in [-0.4, -0.2) is 21.9 Å². The van der Waals surface area contributed by atoms with Crippen molar-refractivity contribution in [3.8, 4) is 17.2 Å². The average molecular weight is 472 g/mol. The SMILES string of the molecule is CC(Oc1ccc(Cl)cc1Cl)C(=O)Nc1ccccc1-c1nc2cc([N+](=O)[O-])ccc2o1. The van der Waals surface area contributed by atoms with Crippen LogP contribution in [-0.2, 0) is 4.79 Å². The highest BCUT2D eigenvalue weighted by molar-refractivity contribution is 6.35. The lowest BCUT2D eigenvalue weighted by Gasteiger charge is -2.16. The van der Waals surface area contributed by atoms with E-state index in [0.29, 0.717) is 33.1 Å². The summed E-state index contributed by atoms with van der Waals surface area (Å²) in [5.41, 5.74) is 1.59. The molecule has 0 spiro atoms. The molecule has 0 saturated heterocycles. The van der Waals surface area contributed by atoms with Crippen molar-refractivity contribution in [1.82, 2.24) is 4.98 Å². The maximum absolute atomic E-state index is 12.7. The summed E-state index contributed by atoms with van der Waals surface area (Å²) < 4.78 is 11.4. The van der Waals surface area contributed by atoms with E-state index in [1.54, 1.807) is 43.3 Å². The minimum Gasteiger partial charge on any atom is -0.479 e. The zero-order valence-corrected chi connectivity index (χ0v) is 18.1. The van der Waals surface area contributed by atoms with Crippen LogP contribution < -0.4 is 10.1 Å². The summed E-state index contributed by atoms with van der Waals surface area (Å²) >= 11 is 12.0. The minimum atomic E-state index is -0.868. The quantitative estimate of drug-likeness (QED) is 0.268. The molecule has 1 heterocycles. The van der Waals surface area contributed by atoms with E-state index in [0.717, 1.165) is 0 Å². The molecule has 10 heteroatoms. The minimum absolute atomic E-state index is 0.0919. The predicted molar refractivity (Wildman–Crippen MR) is 121 cm³/mol. The Labute approximate surface area is 191 Å². The van der Waals surface area contributed by atoms with Crippen LogP contribution in [0.1, 0.15) is 6.92 Å². The van der Waals surface area contributed by atoms with Crippen molar-refractivity contribution in [3.63, 3.8) is 0 Å². The summed E-state index contributed by atoms with van der Waals surface area (Å²) in [6.45, 7) is 1.58. The predicted octanol–water partition coefficient (Wildman–Crippen LogP) is 6.12. The van der Waals surface area contributed by atoms with Gasteiger partial charge in [0.1, 0.15) is 11.3 Å². The normalized spacial score (nSPS) is 11.8. The highest BCUT2D eigenvalue weighted by atomic mass is 35.5. The van der Waals surface area contributed by atoms with Crippen LogP contribution in [0.25, 0.3) is 22.6 Å². The van der Waals surface area contributed by atoms with Crippen LogP contribution in [0.5, 0.6) is 5.75 Å². The number of nitrogens with zero attached hydrogens (tertiary/aromatic N) is 2. The molecule has 32 heavy (non-hydrogen) atoms. The van der Waals surface area contributed by atoms with Gasteiger partial charge < -0.3 is 14.5 Å². The fourth-order valence-electron chi connectivity index (χ4n) is 2.97. The number of rotatable bonds is 6. The van der Waals surface area contributed by atoms with Crippen molar-refractivity contribution in [2.45, 2.75) is 13.0 Å². The van der Waals surface area contributed by atoms with Gasteiger partial charge in [0.2, 0.25) is 5.89 Å². The number of fused-ring (bicyclic) bond motifs is 1. The molecule has 1 amide bonds. The third kappa shape index (κ3) is 4.51. The number of benzene rings is 3. The molecular formula is C22H15Cl2N3O5. The summed E-state index contributed by atoms with van der Waals surface area (Å²) in [4.78, 5) is 27.6. The number of carbonyl (C=O) groups excluding carboxylic acids is 1. The summed E-state index contributed by atoms with van der Waals surface area (Å²) in [6, 6.07) is 15.8. The first kappa shape index (κ1) is 21.6. The molecule has 0 saturated carbocycles. The fraction of sp³-hybridized carbons (Fsp3) is 0.0909. The Kier molecular flexibility index (Phi) is 5.98. The van der Waals surface area contributed by atoms with Crippen LogP contribution >= 0.6 is 23.2 Å². The van der Waals surface area contributed by atoms with Crippen molar-refractivity contribution in [3.05, 3.63) is 80.8 Å². The second-order valence-electron chi connectivity index (χ2n) is 6.80. The number of nitro benzene ring substituents is 1. The van der Waals surface area contributed by atoms with E-state index >= 15 is 0 Å². The number of para-hydroxylation sites is 1. The third-order valence-corrected chi connectivity index (χ3v) is 5.09. The number of oxazole rings is 1. The lowest BCUT2D eigenvalue weighted by molar-refractivity contribution is -0.384. The van der Waals surface area contributed by atoms with Crippen molar-refractivity contribution < 1.29 is 18.9 Å². The molecular weight excluding hydrogens is 457 g/mol. The molecule has 1 atom stereocenters. The summed E-state index contributed by atoms with van der Waals surface area (Å²) in [5.74, 6) is 0.119. The van der Waals surface area contributed by atoms with E-state index in [-0.39, 0.29) is 16.6 Å². The number of aromatic nitrogens is 1. The number of halogens is 2. The fourth-order valence-corrected chi connectivity index (χ4v) is 3.43. The third-order valence-electron chi connectivity index (χ3n) is 4.56. The number of anilines is 1. The average Bonchev–Trinajstić information content (AvgIpc) is 3.19. The largest absolute Gasteiger partial charge is 0.479 e. The Morgan fingerprint density at radius 3 is 2.69 bits per heavy atom. The smallest absolute Gasteiger partial charge is 0.271 e. The standard InChI is InChI=1S/C22H15Cl2N3O5/c1-12(31-19-8-6-13(23)10-16(19)24)21(28)25-17-5-3-2-4-15(17)22-26-18-11-14(27(29)30)7-9-20(18)32-22/h2-12H,1H3,(H,25,28). The van der Waals surface area contributed by atoms with Gasteiger partial charge in [0.05, 0.1) is 21.2 Å². The van der Waals surface area contributed by atoms with Gasteiger partial charge in [-0.1, -0.05) is 35.3 Å². The summed E-state index contributed by atoms with van der Waals surface area (Å²) in [6.07, 6.45) is -0.868. The second kappa shape index (κ2) is 8.86. The van der Waals surface area contributed by atoms with Gasteiger partial charge in [-0.3, -0.25) is 14.9 Å². The molecule has 1 aromatic heterocycles. The van der Waals surface area contributed by atoms with Gasteiger partial charge in [0, 0.05) is 17.2 Å². The molecule has 0 bridgehead atoms. The van der Waals surface area contributed by atoms with E-state index in [1.807, 2.05) is 0 Å². The Morgan fingerprint density at radius 1 is 1.16 bits per heavy atom. The van der Waals surface area contributed by atoms with Gasteiger partial charge in [-0.05, 0) is 43.3 Å². The topological polar surface area (TPSA) is 108 Å². The first-order valence-electron chi connectivity index (χ1n) is 9.39. The van der Waals surface area contributed by atoms with Crippen molar-refractivity contribution in [2.24, 2.45) is 0 Å². The lowest BCUT2D eigenvalue weighted by atomic mass is 10.1. The molecule has 3 aromatic carbocycles. The van der Waals surface area contributed by atoms with Crippen LogP contribution in [0.3, 0.4) is 0 Å². The number of non-ortho nitro benzene ring substituents is 1. The Morgan fingerprint density at radius 2 is 1.94 bits per heavy atom. The van der Waals surface area contributed by atoms with Crippen molar-refractivity contribution >= 4 is 51.6 Å². The first-order valence-corrected chi connectivity index (χ1v) is 10.1. The van der Waals surface area contributed by atoms with E-state index in [1.165, 1.54) is 24.3 Å². The maximum Gasteiger partial charge on any atom is 0.271 e. The first-order chi connectivity index (χ1) is 15.3. The van der Waals surface area contributed by atoms with E-state index in [2.05, 4.69) is 10.3 Å². The monoisotopic (exact) mass is 471 g/mol. The number of amides is 1. The Bertz CT molecular complexity index is 1340. The number of hydrogen-bond acceptors (Lipinski definition) is 6. The molecule has 0 fully saturated rings. The van der Waals surface area contributed by atoms with Crippen molar-refractivity contribution in [2.75, 3.05) is 5.32 Å². The van der Waals surface area contributed by atoms with Gasteiger partial charge >= 0.3 is 0 Å². The molecule has 0 aliphatic rings. The van der Waals surface area contributed by atoms with Gasteiger partial charge in [-0.25, -0.2) is 4.98 Å². The van der Waals surface area contributed by atoms with E-state index in [9.17, 15) is 14.9 Å². The molecule has 4 aromatic rings. The highest BCUT2D eigenvalue weighted by Crippen LogP contribution is 2.32. The second-order valence-corrected chi connectivity index (χ2v) is 7.64. The lowest BCUT2D eigenvalue weighted by Crippen LogP contribution is -2.30. The Hall–Kier alpha value is -3.62. The summed E-state index contributed by atoms with van der Waals surface area (Å²) in [7, 11) is 0. The molecule has 162 valence electrons. The highest BCUT2D eigenvalue weighted by Gasteiger charge is 2.20. The van der Waals surface area contributed by atoms with Gasteiger partial charge in [0.25, 0.3) is 11.6 Å². The molecule has 1 N–H and O–H groups in total. The number of ether oxygens (including phenoxy) is 1. The van der Waals surface area contributed by atoms with Crippen LogP contribution in [0.2, 0.25) is 10.0 Å². The molecule has 0 radical (unpaired) electrons. The molecule has 0 aliphatic carbocycles. The summed E-state index contributed by atoms with van der Waals surface area (Å²) in [5, 5.41) is 14.5. The number of nitro groups is 1. The number of hydrogen-bond donors (Lipinski definition) is 1. The van der Waals surface area contributed by atoms with E-state index < -0.39 is 16.9 Å². The van der Waals surface area contributed by atoms with Gasteiger partial charge in [-0.15, -0.1) is 0 Å². The molecule has 8 nitrogen and oxygen atoms in total. The Balaban J connectivity index is 1.57. The molecule has 4 rings (SSSR count). The van der Waals surface area contributed by atoms with E-state index in [4.69, 9.17) is 32.4 Å². The zero-order valence-electron chi connectivity index (χ0n) is 16.5. The number of nitrogens with one attached hydrogen (secondary N) is 1. The van der Waals surface area contributed by atoms with Crippen molar-refractivity contribution in [1.29, 1.82) is 0 Å². The van der Waals surface area contributed by atoms with Gasteiger partial charge in [0.15, 0.2) is 11.7 Å². The van der Waals surface area contributed by atoms with Crippen LogP contribution in [0, 0.1) is 10.1 Å². The zero-order chi connectivity index (χ0) is 22.8. The molecule has 1 unspecified atom stereocenters. The molecule has 0 aliphatic heterocycles.